The van der Waals surface area contributed by atoms with Gasteiger partial charge in [-0.1, -0.05) is 27.7 Å². The van der Waals surface area contributed by atoms with Crippen molar-refractivity contribution in [1.82, 2.24) is 0 Å². The van der Waals surface area contributed by atoms with Crippen molar-refractivity contribution in [2.75, 3.05) is 13.7 Å². The zero-order chi connectivity index (χ0) is 30.4. The molecule has 0 aromatic rings. The number of fused-ring (bicyclic) bond motifs is 7. The first-order valence-electron chi connectivity index (χ1n) is 15.5. The van der Waals surface area contributed by atoms with E-state index in [0.29, 0.717) is 38.5 Å². The lowest BCUT2D eigenvalue weighted by molar-refractivity contribution is -0.345. The fourth-order valence-electron chi connectivity index (χ4n) is 11.6. The quantitative estimate of drug-likeness (QED) is 0.339. The Hall–Kier alpha value is -1.71. The summed E-state index contributed by atoms with van der Waals surface area (Å²) in [6.07, 6.45) is 1.32. The van der Waals surface area contributed by atoms with E-state index in [9.17, 15) is 29.7 Å². The summed E-state index contributed by atoms with van der Waals surface area (Å²) in [4.78, 5) is 39.5. The number of carbonyl (C=O) groups is 3. The Labute approximate surface area is 243 Å². The Kier molecular flexibility index (Phi) is 7.23. The molecule has 0 amide bonds. The molecule has 5 fully saturated rings. The predicted molar refractivity (Wildman–Crippen MR) is 148 cm³/mol. The molecule has 1 saturated heterocycles. The van der Waals surface area contributed by atoms with E-state index in [4.69, 9.17) is 14.2 Å². The highest BCUT2D eigenvalue weighted by molar-refractivity contribution is 5.81. The van der Waals surface area contributed by atoms with Gasteiger partial charge in [0.25, 0.3) is 0 Å². The summed E-state index contributed by atoms with van der Waals surface area (Å²) >= 11 is 0. The minimum absolute atomic E-state index is 0.142. The van der Waals surface area contributed by atoms with Crippen molar-refractivity contribution in [3.05, 3.63) is 0 Å². The number of aliphatic hydroxyl groups is 3. The Morgan fingerprint density at radius 1 is 1.07 bits per heavy atom. The fourth-order valence-corrected chi connectivity index (χ4v) is 11.6. The zero-order valence-electron chi connectivity index (χ0n) is 25.8. The average Bonchev–Trinajstić information content (AvgIpc) is 3.07. The van der Waals surface area contributed by atoms with Gasteiger partial charge < -0.3 is 29.5 Å². The van der Waals surface area contributed by atoms with Gasteiger partial charge in [0.05, 0.1) is 30.3 Å². The predicted octanol–water partition coefficient (Wildman–Crippen LogP) is 3.55. The molecule has 3 N–H and O–H groups in total. The van der Waals surface area contributed by atoms with Crippen LogP contribution in [0.2, 0.25) is 0 Å². The summed E-state index contributed by atoms with van der Waals surface area (Å²) < 4.78 is 17.1. The third-order valence-corrected chi connectivity index (χ3v) is 13.5. The second-order valence-corrected chi connectivity index (χ2v) is 15.1. The minimum atomic E-state index is -1.36. The summed E-state index contributed by atoms with van der Waals surface area (Å²) in [7, 11) is 1.37. The fraction of sp³-hybridized carbons (Fsp3) is 0.906. The summed E-state index contributed by atoms with van der Waals surface area (Å²) in [6, 6.07) is 0. The molecule has 1 heterocycles. The number of ether oxygens (including phenoxy) is 3. The summed E-state index contributed by atoms with van der Waals surface area (Å²) in [5.74, 6) is -2.19. The molecule has 9 nitrogen and oxygen atoms in total. The van der Waals surface area contributed by atoms with Gasteiger partial charge in [0.2, 0.25) is 0 Å². The Morgan fingerprint density at radius 2 is 1.76 bits per heavy atom. The van der Waals surface area contributed by atoms with E-state index in [-0.39, 0.29) is 30.8 Å². The van der Waals surface area contributed by atoms with Crippen LogP contribution >= 0.6 is 0 Å². The minimum Gasteiger partial charge on any atom is -0.468 e. The van der Waals surface area contributed by atoms with Gasteiger partial charge in [-0.15, -0.1) is 0 Å². The maximum atomic E-state index is 14.3. The van der Waals surface area contributed by atoms with Gasteiger partial charge in [0, 0.05) is 19.3 Å². The maximum absolute atomic E-state index is 14.3. The molecule has 9 heteroatoms. The molecule has 5 rings (SSSR count). The molecule has 12 atom stereocenters. The van der Waals surface area contributed by atoms with E-state index in [1.165, 1.54) is 14.0 Å². The molecule has 5 aliphatic rings. The van der Waals surface area contributed by atoms with Gasteiger partial charge in [-0.05, 0) is 86.4 Å². The molecule has 4 aliphatic carbocycles. The molecule has 1 unspecified atom stereocenters. The number of hydrogen-bond donors (Lipinski definition) is 3. The third kappa shape index (κ3) is 3.67. The summed E-state index contributed by atoms with van der Waals surface area (Å²) in [5.41, 5.74) is -6.00. The van der Waals surface area contributed by atoms with Crippen LogP contribution in [-0.2, 0) is 28.6 Å². The molecule has 41 heavy (non-hydrogen) atoms. The van der Waals surface area contributed by atoms with Crippen LogP contribution in [0, 0.1) is 44.8 Å². The second kappa shape index (κ2) is 9.65. The number of methoxy groups -OCH3 is 1. The number of esters is 3. The van der Waals surface area contributed by atoms with Crippen LogP contribution in [0.25, 0.3) is 0 Å². The topological polar surface area (TPSA) is 140 Å². The van der Waals surface area contributed by atoms with Crippen LogP contribution in [0.5, 0.6) is 0 Å². The monoisotopic (exact) mass is 578 g/mol. The first-order valence-corrected chi connectivity index (χ1v) is 15.5. The lowest BCUT2D eigenvalue weighted by Crippen LogP contribution is -2.80. The molecular formula is C32H50O9. The molecular weight excluding hydrogens is 528 g/mol. The number of aliphatic hydroxyl groups excluding tert-OH is 2. The summed E-state index contributed by atoms with van der Waals surface area (Å²) in [5, 5.41) is 36.9. The van der Waals surface area contributed by atoms with Crippen molar-refractivity contribution >= 4 is 17.9 Å². The molecule has 0 bridgehead atoms. The molecule has 1 aliphatic heterocycles. The van der Waals surface area contributed by atoms with Crippen LogP contribution in [0.4, 0.5) is 0 Å². The van der Waals surface area contributed by atoms with Gasteiger partial charge in [-0.3, -0.25) is 14.4 Å². The molecule has 4 saturated carbocycles. The first kappa shape index (κ1) is 30.7. The van der Waals surface area contributed by atoms with E-state index in [1.54, 1.807) is 6.92 Å². The summed E-state index contributed by atoms with van der Waals surface area (Å²) in [6.45, 7) is 11.0. The van der Waals surface area contributed by atoms with Crippen molar-refractivity contribution < 1.29 is 43.9 Å². The number of hydrogen-bond acceptors (Lipinski definition) is 9. The largest absolute Gasteiger partial charge is 0.468 e. The first-order chi connectivity index (χ1) is 19.0. The maximum Gasteiger partial charge on any atom is 0.315 e. The van der Waals surface area contributed by atoms with Crippen LogP contribution in [0.3, 0.4) is 0 Å². The normalized spacial score (nSPS) is 51.9. The molecule has 0 spiro atoms. The highest BCUT2D eigenvalue weighted by Crippen LogP contribution is 2.79. The SMILES string of the molecule is COC(=O)[C@@]12CC[C@@]3(C)[C@@H]4CCC(=O)OC[C@]4([C@@H](C)O)C(OC(C)=O)[C@@H](O)[C@@H]3[C@@]1(C)CC[C@@]1(C)CC[C@@H](C)C[C@]12O. The van der Waals surface area contributed by atoms with Crippen molar-refractivity contribution in [1.29, 1.82) is 0 Å². The van der Waals surface area contributed by atoms with E-state index in [1.807, 2.05) is 6.92 Å². The van der Waals surface area contributed by atoms with E-state index in [0.717, 1.165) is 12.8 Å². The van der Waals surface area contributed by atoms with Crippen molar-refractivity contribution in [3.63, 3.8) is 0 Å². The van der Waals surface area contributed by atoms with Crippen molar-refractivity contribution in [3.8, 4) is 0 Å². The number of rotatable bonds is 3. The van der Waals surface area contributed by atoms with Gasteiger partial charge in [0.15, 0.2) is 0 Å². The molecule has 232 valence electrons. The molecule has 0 radical (unpaired) electrons. The number of carbonyl (C=O) groups excluding carboxylic acids is 3. The van der Waals surface area contributed by atoms with E-state index in [2.05, 4.69) is 20.8 Å². The second-order valence-electron chi connectivity index (χ2n) is 15.1. The smallest absolute Gasteiger partial charge is 0.315 e. The zero-order valence-corrected chi connectivity index (χ0v) is 25.8. The van der Waals surface area contributed by atoms with Gasteiger partial charge in [-0.25, -0.2) is 0 Å². The highest BCUT2D eigenvalue weighted by Gasteiger charge is 2.82. The van der Waals surface area contributed by atoms with Gasteiger partial charge in [-0.2, -0.15) is 0 Å². The Morgan fingerprint density at radius 3 is 2.37 bits per heavy atom. The lowest BCUT2D eigenvalue weighted by atomic mass is 9.28. The average molecular weight is 579 g/mol. The Balaban J connectivity index is 1.77. The van der Waals surface area contributed by atoms with E-state index >= 15 is 0 Å². The van der Waals surface area contributed by atoms with E-state index < -0.39 is 68.8 Å². The molecule has 0 aromatic heterocycles. The standard InChI is InChI=1S/C32H50O9/c1-18-10-11-27(4)12-14-29(6)24-23(36)25(41-20(3)34)30(19(2)33)17-40-22(35)9-8-21(30)28(24,5)13-15-31(29,26(37)39-7)32(27,38)16-18/h18-19,21,23-25,33,36,38H,8-17H2,1-7H3/t18-,19-,21+,23+,24+,25?,27-,28+,29-,30-,31+,32+/m1/s1. The third-order valence-electron chi connectivity index (χ3n) is 13.5. The lowest BCUT2D eigenvalue weighted by Gasteiger charge is -2.76. The van der Waals surface area contributed by atoms with Crippen molar-refractivity contribution in [2.24, 2.45) is 44.8 Å². The van der Waals surface area contributed by atoms with Gasteiger partial charge in [0.1, 0.15) is 18.1 Å². The van der Waals surface area contributed by atoms with Crippen LogP contribution in [0.15, 0.2) is 0 Å². The highest BCUT2D eigenvalue weighted by atomic mass is 16.6. The van der Waals surface area contributed by atoms with Gasteiger partial charge >= 0.3 is 17.9 Å². The Bertz CT molecular complexity index is 1110. The van der Waals surface area contributed by atoms with Crippen LogP contribution < -0.4 is 0 Å². The van der Waals surface area contributed by atoms with Crippen LogP contribution in [0.1, 0.15) is 99.3 Å². The number of cyclic esters (lactones) is 1. The van der Waals surface area contributed by atoms with Crippen LogP contribution in [-0.4, -0.2) is 70.9 Å². The van der Waals surface area contributed by atoms with Crippen molar-refractivity contribution in [2.45, 2.75) is 123 Å². The molecule has 0 aromatic carbocycles.